The lowest BCUT2D eigenvalue weighted by molar-refractivity contribution is -0.144. The molecule has 0 saturated carbocycles. The van der Waals surface area contributed by atoms with Crippen molar-refractivity contribution in [2.24, 2.45) is 5.73 Å². The molecule has 0 aliphatic rings. The van der Waals surface area contributed by atoms with Crippen LogP contribution in [0.15, 0.2) is 54.6 Å². The summed E-state index contributed by atoms with van der Waals surface area (Å²) < 4.78 is 0. The van der Waals surface area contributed by atoms with Gasteiger partial charge in [-0.15, -0.1) is 0 Å². The van der Waals surface area contributed by atoms with Gasteiger partial charge in [-0.1, -0.05) is 42.5 Å². The van der Waals surface area contributed by atoms with E-state index in [0.717, 1.165) is 0 Å². The van der Waals surface area contributed by atoms with Crippen molar-refractivity contribution in [3.8, 4) is 5.75 Å². The lowest BCUT2D eigenvalue weighted by atomic mass is 9.80. The molecule has 1 unspecified atom stereocenters. The van der Waals surface area contributed by atoms with Gasteiger partial charge in [0.25, 0.3) is 0 Å². The molecule has 0 bridgehead atoms. The summed E-state index contributed by atoms with van der Waals surface area (Å²) in [6, 6.07) is 12.5. The van der Waals surface area contributed by atoms with Gasteiger partial charge in [-0.05, 0) is 23.3 Å². The fourth-order valence-corrected chi connectivity index (χ4v) is 2.11. The molecule has 5 N–H and O–H groups in total. The maximum Gasteiger partial charge on any atom is 0.324 e. The highest BCUT2D eigenvalue weighted by molar-refractivity contribution is 5.76. The van der Waals surface area contributed by atoms with E-state index in [1.165, 1.54) is 24.3 Å². The second kappa shape index (κ2) is 5.32. The maximum absolute atomic E-state index is 11.2. The number of phenolic OH excluding ortho intramolecular Hbond substituents is 1. The first-order valence-electron chi connectivity index (χ1n) is 6.02. The van der Waals surface area contributed by atoms with Crippen LogP contribution in [0.4, 0.5) is 0 Å². The van der Waals surface area contributed by atoms with Crippen LogP contribution in [0, 0.1) is 0 Å². The van der Waals surface area contributed by atoms with Gasteiger partial charge in [0.05, 0.1) is 0 Å². The van der Waals surface area contributed by atoms with Crippen LogP contribution in [0.25, 0.3) is 0 Å². The van der Waals surface area contributed by atoms with E-state index in [-0.39, 0.29) is 5.75 Å². The SMILES string of the molecule is N[C@H](C(=O)O)C(O)(c1ccccc1)c1ccc(O)cc1. The quantitative estimate of drug-likeness (QED) is 0.666. The molecule has 5 heteroatoms. The average molecular weight is 273 g/mol. The van der Waals surface area contributed by atoms with E-state index >= 15 is 0 Å². The standard InChI is InChI=1S/C15H15NO4/c16-13(14(18)19)15(20,10-4-2-1-3-5-10)11-6-8-12(17)9-7-11/h1-9,13,17,20H,16H2,(H,18,19)/t13-,15?/m1/s1. The fraction of sp³-hybridized carbons (Fsp3) is 0.133. The number of aromatic hydroxyl groups is 1. The molecule has 0 radical (unpaired) electrons. The number of phenols is 1. The smallest absolute Gasteiger partial charge is 0.324 e. The second-order valence-corrected chi connectivity index (χ2v) is 4.50. The number of aliphatic hydroxyl groups is 1. The Kier molecular flexibility index (Phi) is 3.74. The first-order chi connectivity index (χ1) is 9.46. The number of hydrogen-bond acceptors (Lipinski definition) is 4. The van der Waals surface area contributed by atoms with Gasteiger partial charge in [-0.2, -0.15) is 0 Å². The fourth-order valence-electron chi connectivity index (χ4n) is 2.11. The van der Waals surface area contributed by atoms with Crippen LogP contribution in [0.5, 0.6) is 5.75 Å². The summed E-state index contributed by atoms with van der Waals surface area (Å²) in [5.74, 6) is -1.29. The highest BCUT2D eigenvalue weighted by atomic mass is 16.4. The van der Waals surface area contributed by atoms with Crippen LogP contribution in [0.1, 0.15) is 11.1 Å². The zero-order valence-corrected chi connectivity index (χ0v) is 10.6. The maximum atomic E-state index is 11.2. The summed E-state index contributed by atoms with van der Waals surface area (Å²) in [7, 11) is 0. The monoisotopic (exact) mass is 273 g/mol. The van der Waals surface area contributed by atoms with E-state index in [9.17, 15) is 15.0 Å². The molecule has 0 amide bonds. The molecular formula is C15H15NO4. The van der Waals surface area contributed by atoms with Crippen molar-refractivity contribution in [3.63, 3.8) is 0 Å². The van der Waals surface area contributed by atoms with Gasteiger partial charge in [0.2, 0.25) is 0 Å². The Labute approximate surface area is 115 Å². The summed E-state index contributed by atoms with van der Waals surface area (Å²) in [4.78, 5) is 11.2. The Hall–Kier alpha value is -2.37. The lowest BCUT2D eigenvalue weighted by Gasteiger charge is -2.32. The lowest BCUT2D eigenvalue weighted by Crippen LogP contribution is -2.51. The minimum absolute atomic E-state index is 0.0214. The number of benzene rings is 2. The molecule has 0 aromatic heterocycles. The van der Waals surface area contributed by atoms with Crippen LogP contribution in [0.3, 0.4) is 0 Å². The first kappa shape index (κ1) is 14.0. The van der Waals surface area contributed by atoms with Gasteiger partial charge in [0, 0.05) is 0 Å². The van der Waals surface area contributed by atoms with Gasteiger partial charge < -0.3 is 21.1 Å². The second-order valence-electron chi connectivity index (χ2n) is 4.50. The molecular weight excluding hydrogens is 258 g/mol. The molecule has 2 atom stereocenters. The molecule has 0 aliphatic carbocycles. The Morgan fingerprint density at radius 2 is 1.50 bits per heavy atom. The van der Waals surface area contributed by atoms with Gasteiger partial charge in [-0.25, -0.2) is 0 Å². The highest BCUT2D eigenvalue weighted by Crippen LogP contribution is 2.33. The van der Waals surface area contributed by atoms with Gasteiger partial charge in [0.1, 0.15) is 17.4 Å². The van der Waals surface area contributed by atoms with Crippen molar-refractivity contribution in [2.75, 3.05) is 0 Å². The summed E-state index contributed by atoms with van der Waals surface area (Å²) in [6.45, 7) is 0. The van der Waals surface area contributed by atoms with E-state index < -0.39 is 17.6 Å². The number of carboxylic acids is 1. The minimum Gasteiger partial charge on any atom is -0.508 e. The molecule has 2 aromatic carbocycles. The Balaban J connectivity index is 2.61. The molecule has 2 aromatic rings. The van der Waals surface area contributed by atoms with Crippen molar-refractivity contribution in [1.82, 2.24) is 0 Å². The van der Waals surface area contributed by atoms with Gasteiger partial charge in [-0.3, -0.25) is 4.79 Å². The number of nitrogens with two attached hydrogens (primary N) is 1. The third-order valence-corrected chi connectivity index (χ3v) is 3.24. The van der Waals surface area contributed by atoms with Crippen LogP contribution < -0.4 is 5.73 Å². The van der Waals surface area contributed by atoms with Gasteiger partial charge in [0.15, 0.2) is 0 Å². The zero-order valence-electron chi connectivity index (χ0n) is 10.6. The Morgan fingerprint density at radius 1 is 1.00 bits per heavy atom. The predicted molar refractivity (Wildman–Crippen MR) is 73.2 cm³/mol. The van der Waals surface area contributed by atoms with Crippen molar-refractivity contribution in [2.45, 2.75) is 11.6 Å². The molecule has 5 nitrogen and oxygen atoms in total. The topological polar surface area (TPSA) is 104 Å². The first-order valence-corrected chi connectivity index (χ1v) is 6.02. The molecule has 0 saturated heterocycles. The van der Waals surface area contributed by atoms with E-state index in [1.807, 2.05) is 0 Å². The number of rotatable bonds is 4. The van der Waals surface area contributed by atoms with Crippen molar-refractivity contribution < 1.29 is 20.1 Å². The molecule has 0 aliphatic heterocycles. The highest BCUT2D eigenvalue weighted by Gasteiger charge is 2.42. The third-order valence-electron chi connectivity index (χ3n) is 3.24. The summed E-state index contributed by atoms with van der Waals surface area (Å²) in [5, 5.41) is 29.4. The number of carboxylic acid groups (broad SMARTS) is 1. The van der Waals surface area contributed by atoms with Crippen LogP contribution >= 0.6 is 0 Å². The van der Waals surface area contributed by atoms with E-state index in [1.54, 1.807) is 30.3 Å². The number of carbonyl (C=O) groups is 1. The van der Waals surface area contributed by atoms with Crippen molar-refractivity contribution in [1.29, 1.82) is 0 Å². The molecule has 2 rings (SSSR count). The molecule has 20 heavy (non-hydrogen) atoms. The van der Waals surface area contributed by atoms with Crippen LogP contribution in [-0.2, 0) is 10.4 Å². The largest absolute Gasteiger partial charge is 0.508 e. The Bertz CT molecular complexity index is 597. The van der Waals surface area contributed by atoms with Crippen LogP contribution in [-0.4, -0.2) is 27.3 Å². The van der Waals surface area contributed by atoms with E-state index in [0.29, 0.717) is 11.1 Å². The molecule has 104 valence electrons. The summed E-state index contributed by atoms with van der Waals surface area (Å²) in [6.07, 6.45) is 0. The average Bonchev–Trinajstić information content (AvgIpc) is 2.47. The predicted octanol–water partition coefficient (Wildman–Crippen LogP) is 1.04. The van der Waals surface area contributed by atoms with Gasteiger partial charge >= 0.3 is 5.97 Å². The van der Waals surface area contributed by atoms with E-state index in [4.69, 9.17) is 10.8 Å². The minimum atomic E-state index is -1.87. The number of aliphatic carboxylic acids is 1. The normalized spacial score (nSPS) is 15.3. The zero-order chi connectivity index (χ0) is 14.8. The van der Waals surface area contributed by atoms with Crippen molar-refractivity contribution >= 4 is 5.97 Å². The number of hydrogen-bond donors (Lipinski definition) is 4. The molecule has 0 fully saturated rings. The summed E-state index contributed by atoms with van der Waals surface area (Å²) >= 11 is 0. The molecule has 0 heterocycles. The Morgan fingerprint density at radius 3 is 2.00 bits per heavy atom. The van der Waals surface area contributed by atoms with Crippen LogP contribution in [0.2, 0.25) is 0 Å². The van der Waals surface area contributed by atoms with E-state index in [2.05, 4.69) is 0 Å². The van der Waals surface area contributed by atoms with Crippen molar-refractivity contribution in [3.05, 3.63) is 65.7 Å². The third kappa shape index (κ3) is 2.36. The molecule has 0 spiro atoms. The summed E-state index contributed by atoms with van der Waals surface area (Å²) in [5.41, 5.74) is 4.49.